The maximum atomic E-state index is 12.0. The normalized spacial score (nSPS) is 14.8. The predicted molar refractivity (Wildman–Crippen MR) is 91.7 cm³/mol. The molecular formula is C17H21N3O2S. The van der Waals surface area contributed by atoms with Crippen LogP contribution in [0.4, 0.5) is 5.13 Å². The smallest absolute Gasteiger partial charge is 0.226 e. The molecule has 2 aromatic rings. The molecule has 122 valence electrons. The summed E-state index contributed by atoms with van der Waals surface area (Å²) >= 11 is 1.39. The van der Waals surface area contributed by atoms with Gasteiger partial charge in [0.2, 0.25) is 11.0 Å². The van der Waals surface area contributed by atoms with E-state index in [9.17, 15) is 4.79 Å². The third kappa shape index (κ3) is 4.28. The number of nitrogens with one attached hydrogen (secondary N) is 1. The standard InChI is InChI=1S/C17H21N3O2S/c1-22-14-9-7-13(8-10-14)16-19-20-17(23-16)18-15(21)11-6-12-4-2-3-5-12/h7-10,12H,2-6,11H2,1H3,(H,18,20,21). The number of methoxy groups -OCH3 is 1. The van der Waals surface area contributed by atoms with Crippen molar-refractivity contribution in [2.24, 2.45) is 5.92 Å². The Balaban J connectivity index is 1.54. The van der Waals surface area contributed by atoms with Gasteiger partial charge in [-0.2, -0.15) is 0 Å². The Kier molecular flexibility index (Phi) is 5.23. The van der Waals surface area contributed by atoms with Crippen LogP contribution in [-0.2, 0) is 4.79 Å². The summed E-state index contributed by atoms with van der Waals surface area (Å²) in [6, 6.07) is 7.64. The Hall–Kier alpha value is -1.95. The van der Waals surface area contributed by atoms with Crippen LogP contribution in [0.5, 0.6) is 5.75 Å². The Bertz CT molecular complexity index is 648. The highest BCUT2D eigenvalue weighted by atomic mass is 32.1. The van der Waals surface area contributed by atoms with Gasteiger partial charge in [0.1, 0.15) is 10.8 Å². The number of benzene rings is 1. The monoisotopic (exact) mass is 331 g/mol. The number of hydrogen-bond donors (Lipinski definition) is 1. The lowest BCUT2D eigenvalue weighted by Crippen LogP contribution is -2.12. The van der Waals surface area contributed by atoms with Gasteiger partial charge in [-0.05, 0) is 36.6 Å². The van der Waals surface area contributed by atoms with E-state index in [4.69, 9.17) is 4.74 Å². The van der Waals surface area contributed by atoms with Gasteiger partial charge in [-0.1, -0.05) is 37.0 Å². The van der Waals surface area contributed by atoms with E-state index >= 15 is 0 Å². The minimum absolute atomic E-state index is 0.0364. The van der Waals surface area contributed by atoms with E-state index in [0.717, 1.165) is 28.7 Å². The van der Waals surface area contributed by atoms with Crippen LogP contribution in [0.3, 0.4) is 0 Å². The lowest BCUT2D eigenvalue weighted by atomic mass is 10.0. The summed E-state index contributed by atoms with van der Waals surface area (Å²) in [5.74, 6) is 1.57. The summed E-state index contributed by atoms with van der Waals surface area (Å²) < 4.78 is 5.14. The average molecular weight is 331 g/mol. The number of carbonyl (C=O) groups is 1. The molecule has 1 N–H and O–H groups in total. The molecule has 0 aliphatic heterocycles. The highest BCUT2D eigenvalue weighted by Gasteiger charge is 2.17. The molecule has 0 radical (unpaired) electrons. The number of anilines is 1. The Morgan fingerprint density at radius 3 is 2.70 bits per heavy atom. The van der Waals surface area contributed by atoms with Gasteiger partial charge in [0.25, 0.3) is 0 Å². The second kappa shape index (κ2) is 7.55. The van der Waals surface area contributed by atoms with E-state index < -0.39 is 0 Å². The summed E-state index contributed by atoms with van der Waals surface area (Å²) in [4.78, 5) is 12.0. The minimum Gasteiger partial charge on any atom is -0.497 e. The van der Waals surface area contributed by atoms with E-state index in [-0.39, 0.29) is 5.91 Å². The second-order valence-corrected chi connectivity index (χ2v) is 6.86. The number of aromatic nitrogens is 2. The zero-order valence-electron chi connectivity index (χ0n) is 13.2. The van der Waals surface area contributed by atoms with E-state index in [2.05, 4.69) is 15.5 Å². The number of nitrogens with zero attached hydrogens (tertiary/aromatic N) is 2. The molecule has 23 heavy (non-hydrogen) atoms. The van der Waals surface area contributed by atoms with Crippen LogP contribution in [0.1, 0.15) is 38.5 Å². The second-order valence-electron chi connectivity index (χ2n) is 5.88. The van der Waals surface area contributed by atoms with Crippen molar-refractivity contribution in [1.29, 1.82) is 0 Å². The van der Waals surface area contributed by atoms with Gasteiger partial charge in [0.05, 0.1) is 7.11 Å². The van der Waals surface area contributed by atoms with Crippen LogP contribution in [-0.4, -0.2) is 23.2 Å². The van der Waals surface area contributed by atoms with Crippen molar-refractivity contribution in [3.05, 3.63) is 24.3 Å². The predicted octanol–water partition coefficient (Wildman–Crippen LogP) is 4.12. The number of rotatable bonds is 6. The first kappa shape index (κ1) is 15.9. The Morgan fingerprint density at radius 1 is 1.26 bits per heavy atom. The van der Waals surface area contributed by atoms with Crippen LogP contribution in [0.2, 0.25) is 0 Å². The molecule has 5 nitrogen and oxygen atoms in total. The number of ether oxygens (including phenoxy) is 1. The highest BCUT2D eigenvalue weighted by molar-refractivity contribution is 7.18. The van der Waals surface area contributed by atoms with Crippen LogP contribution < -0.4 is 10.1 Å². The highest BCUT2D eigenvalue weighted by Crippen LogP contribution is 2.30. The zero-order valence-corrected chi connectivity index (χ0v) is 14.1. The van der Waals surface area contributed by atoms with Crippen molar-refractivity contribution in [3.63, 3.8) is 0 Å². The van der Waals surface area contributed by atoms with E-state index in [1.54, 1.807) is 7.11 Å². The van der Waals surface area contributed by atoms with Gasteiger partial charge in [-0.3, -0.25) is 4.79 Å². The molecule has 1 saturated carbocycles. The van der Waals surface area contributed by atoms with Gasteiger partial charge in [0, 0.05) is 12.0 Å². The molecule has 1 fully saturated rings. The Morgan fingerprint density at radius 2 is 2.00 bits per heavy atom. The zero-order chi connectivity index (χ0) is 16.1. The van der Waals surface area contributed by atoms with E-state index in [1.807, 2.05) is 24.3 Å². The first-order chi connectivity index (χ1) is 11.2. The van der Waals surface area contributed by atoms with Gasteiger partial charge >= 0.3 is 0 Å². The summed E-state index contributed by atoms with van der Waals surface area (Å²) in [5, 5.41) is 12.4. The maximum Gasteiger partial charge on any atom is 0.226 e. The topological polar surface area (TPSA) is 64.1 Å². The molecule has 6 heteroatoms. The fourth-order valence-electron chi connectivity index (χ4n) is 2.94. The van der Waals surface area contributed by atoms with Gasteiger partial charge in [-0.15, -0.1) is 10.2 Å². The molecule has 0 atom stereocenters. The molecule has 0 bridgehead atoms. The SMILES string of the molecule is COc1ccc(-c2nnc(NC(=O)CCC3CCCC3)s2)cc1. The molecule has 1 aromatic carbocycles. The van der Waals surface area contributed by atoms with Crippen LogP contribution >= 0.6 is 11.3 Å². The molecule has 3 rings (SSSR count). The fraction of sp³-hybridized carbons (Fsp3) is 0.471. The molecule has 1 heterocycles. The molecule has 1 aromatic heterocycles. The average Bonchev–Trinajstić information content (AvgIpc) is 3.25. The lowest BCUT2D eigenvalue weighted by Gasteiger charge is -2.07. The summed E-state index contributed by atoms with van der Waals surface area (Å²) in [6.07, 6.45) is 6.72. The van der Waals surface area contributed by atoms with Crippen LogP contribution in [0, 0.1) is 5.92 Å². The minimum atomic E-state index is 0.0364. The van der Waals surface area contributed by atoms with Crippen molar-refractivity contribution in [2.45, 2.75) is 38.5 Å². The summed E-state index contributed by atoms with van der Waals surface area (Å²) in [5.41, 5.74) is 0.967. The molecule has 1 amide bonds. The fourth-order valence-corrected chi connectivity index (χ4v) is 3.71. The van der Waals surface area contributed by atoms with Crippen LogP contribution in [0.25, 0.3) is 10.6 Å². The van der Waals surface area contributed by atoms with E-state index in [0.29, 0.717) is 11.6 Å². The van der Waals surface area contributed by atoms with Crippen molar-refractivity contribution < 1.29 is 9.53 Å². The Labute approximate surface area is 140 Å². The first-order valence-corrected chi connectivity index (χ1v) is 8.84. The summed E-state index contributed by atoms with van der Waals surface area (Å²) in [7, 11) is 1.64. The van der Waals surface area contributed by atoms with Crippen molar-refractivity contribution in [1.82, 2.24) is 10.2 Å². The first-order valence-electron chi connectivity index (χ1n) is 8.02. The molecule has 0 saturated heterocycles. The third-order valence-electron chi connectivity index (χ3n) is 4.26. The number of carbonyl (C=O) groups excluding carboxylic acids is 1. The van der Waals surface area contributed by atoms with Gasteiger partial charge in [-0.25, -0.2) is 0 Å². The van der Waals surface area contributed by atoms with Crippen molar-refractivity contribution in [2.75, 3.05) is 12.4 Å². The molecular weight excluding hydrogens is 310 g/mol. The van der Waals surface area contributed by atoms with Crippen LogP contribution in [0.15, 0.2) is 24.3 Å². The van der Waals surface area contributed by atoms with Gasteiger partial charge < -0.3 is 10.1 Å². The van der Waals surface area contributed by atoms with Crippen molar-refractivity contribution in [3.8, 4) is 16.3 Å². The maximum absolute atomic E-state index is 12.0. The number of amides is 1. The van der Waals surface area contributed by atoms with Crippen molar-refractivity contribution >= 4 is 22.4 Å². The van der Waals surface area contributed by atoms with E-state index in [1.165, 1.54) is 37.0 Å². The number of hydrogen-bond acceptors (Lipinski definition) is 5. The lowest BCUT2D eigenvalue weighted by molar-refractivity contribution is -0.116. The quantitative estimate of drug-likeness (QED) is 0.864. The van der Waals surface area contributed by atoms with Gasteiger partial charge in [0.15, 0.2) is 0 Å². The largest absolute Gasteiger partial charge is 0.497 e. The molecule has 1 aliphatic carbocycles. The molecule has 0 spiro atoms. The third-order valence-corrected chi connectivity index (χ3v) is 5.15. The summed E-state index contributed by atoms with van der Waals surface area (Å²) in [6.45, 7) is 0. The molecule has 0 unspecified atom stereocenters. The molecule has 1 aliphatic rings.